The van der Waals surface area contributed by atoms with Crippen LogP contribution in [0.15, 0.2) is 79.1 Å². The van der Waals surface area contributed by atoms with E-state index in [9.17, 15) is 4.79 Å². The summed E-state index contributed by atoms with van der Waals surface area (Å²) in [5, 5.41) is 0. The zero-order chi connectivity index (χ0) is 18.2. The molecule has 0 radical (unpaired) electrons. The molecule has 1 unspecified atom stereocenters. The van der Waals surface area contributed by atoms with Gasteiger partial charge in [0, 0.05) is 12.4 Å². The molecule has 1 atom stereocenters. The highest BCUT2D eigenvalue weighted by Gasteiger charge is 2.13. The maximum atomic E-state index is 12.1. The lowest BCUT2D eigenvalue weighted by Crippen LogP contribution is -2.11. The van der Waals surface area contributed by atoms with E-state index in [2.05, 4.69) is 4.98 Å². The van der Waals surface area contributed by atoms with E-state index in [1.165, 1.54) is 0 Å². The van der Waals surface area contributed by atoms with Crippen LogP contribution in [-0.4, -0.2) is 11.0 Å². The van der Waals surface area contributed by atoms with Gasteiger partial charge in [-0.3, -0.25) is 9.78 Å². The molecule has 0 aliphatic rings. The number of rotatable bonds is 7. The number of hydrogen-bond donors (Lipinski definition) is 0. The number of pyridine rings is 1. The predicted octanol–water partition coefficient (Wildman–Crippen LogP) is 4.76. The van der Waals surface area contributed by atoms with Gasteiger partial charge in [-0.1, -0.05) is 37.3 Å². The van der Waals surface area contributed by atoms with Gasteiger partial charge in [0.05, 0.1) is 6.42 Å². The summed E-state index contributed by atoms with van der Waals surface area (Å²) in [7, 11) is 0. The molecular weight excluding hydrogens is 326 g/mol. The highest BCUT2D eigenvalue weighted by Crippen LogP contribution is 2.22. The average molecular weight is 347 g/mol. The van der Waals surface area contributed by atoms with E-state index in [0.717, 1.165) is 16.9 Å². The number of hydrogen-bond acceptors (Lipinski definition) is 4. The van der Waals surface area contributed by atoms with Gasteiger partial charge in [-0.05, 0) is 53.4 Å². The normalized spacial score (nSPS) is 11.6. The predicted molar refractivity (Wildman–Crippen MR) is 100 cm³/mol. The number of nitrogens with zero attached hydrogens (tertiary/aromatic N) is 1. The Balaban J connectivity index is 1.50. The van der Waals surface area contributed by atoms with Crippen LogP contribution in [0.2, 0.25) is 0 Å². The minimum absolute atomic E-state index is 0.117. The van der Waals surface area contributed by atoms with Gasteiger partial charge in [0.1, 0.15) is 18.1 Å². The number of ether oxygens (including phenoxy) is 2. The molecule has 0 saturated heterocycles. The maximum absolute atomic E-state index is 12.1. The number of esters is 1. The summed E-state index contributed by atoms with van der Waals surface area (Å²) >= 11 is 0. The molecule has 1 aromatic heterocycles. The Hall–Kier alpha value is -3.14. The molecule has 1 heterocycles. The Morgan fingerprint density at radius 1 is 0.923 bits per heavy atom. The molecule has 0 bridgehead atoms. The minimum atomic E-state index is -0.244. The van der Waals surface area contributed by atoms with Crippen LogP contribution in [0.5, 0.6) is 11.5 Å². The monoisotopic (exact) mass is 347 g/mol. The smallest absolute Gasteiger partial charge is 0.311 e. The Labute approximate surface area is 153 Å². The lowest BCUT2D eigenvalue weighted by molar-refractivity contribution is -0.134. The molecule has 0 saturated carbocycles. The van der Waals surface area contributed by atoms with E-state index in [-0.39, 0.29) is 11.9 Å². The second-order valence-corrected chi connectivity index (χ2v) is 6.11. The summed E-state index contributed by atoms with van der Waals surface area (Å²) in [4.78, 5) is 16.1. The van der Waals surface area contributed by atoms with Crippen LogP contribution in [-0.2, 0) is 11.4 Å². The first kappa shape index (κ1) is 17.7. The number of carbonyl (C=O) groups is 1. The van der Waals surface area contributed by atoms with Crippen molar-refractivity contribution in [2.24, 2.45) is 0 Å². The average Bonchev–Trinajstić information content (AvgIpc) is 2.69. The van der Waals surface area contributed by atoms with E-state index in [0.29, 0.717) is 18.8 Å². The molecule has 0 spiro atoms. The fourth-order valence-corrected chi connectivity index (χ4v) is 2.57. The summed E-state index contributed by atoms with van der Waals surface area (Å²) < 4.78 is 11.1. The molecule has 4 heteroatoms. The first-order chi connectivity index (χ1) is 12.7. The standard InChI is InChI=1S/C22H21NO3/c1-17(19-5-3-2-4-6-19)15-22(24)26-21-9-7-20(8-10-21)25-16-18-11-13-23-14-12-18/h2-14,17H,15-16H2,1H3. The van der Waals surface area contributed by atoms with Crippen LogP contribution < -0.4 is 9.47 Å². The van der Waals surface area contributed by atoms with Crippen molar-refractivity contribution in [3.63, 3.8) is 0 Å². The Morgan fingerprint density at radius 3 is 2.27 bits per heavy atom. The summed E-state index contributed by atoms with van der Waals surface area (Å²) in [5.41, 5.74) is 2.18. The van der Waals surface area contributed by atoms with E-state index in [4.69, 9.17) is 9.47 Å². The molecule has 0 amide bonds. The Bertz CT molecular complexity index is 817. The van der Waals surface area contributed by atoms with Crippen LogP contribution in [0.25, 0.3) is 0 Å². The molecule has 3 aromatic rings. The Morgan fingerprint density at radius 2 is 1.58 bits per heavy atom. The first-order valence-corrected chi connectivity index (χ1v) is 8.58. The van der Waals surface area contributed by atoms with Crippen molar-refractivity contribution in [1.29, 1.82) is 0 Å². The quantitative estimate of drug-likeness (QED) is 0.457. The van der Waals surface area contributed by atoms with Crippen LogP contribution in [0.1, 0.15) is 30.4 Å². The highest BCUT2D eigenvalue weighted by atomic mass is 16.5. The van der Waals surface area contributed by atoms with Gasteiger partial charge in [0.15, 0.2) is 0 Å². The van der Waals surface area contributed by atoms with Crippen molar-refractivity contribution in [1.82, 2.24) is 4.98 Å². The third-order valence-corrected chi connectivity index (χ3v) is 4.05. The second-order valence-electron chi connectivity index (χ2n) is 6.11. The third-order valence-electron chi connectivity index (χ3n) is 4.05. The number of benzene rings is 2. The van der Waals surface area contributed by atoms with Crippen LogP contribution in [0.4, 0.5) is 0 Å². The van der Waals surface area contributed by atoms with Crippen LogP contribution >= 0.6 is 0 Å². The van der Waals surface area contributed by atoms with Crippen LogP contribution in [0, 0.1) is 0 Å². The van der Waals surface area contributed by atoms with Crippen molar-refractivity contribution in [3.8, 4) is 11.5 Å². The molecule has 3 rings (SSSR count). The summed E-state index contributed by atoms with van der Waals surface area (Å²) in [6.07, 6.45) is 3.81. The third kappa shape index (κ3) is 5.18. The fraction of sp³-hybridized carbons (Fsp3) is 0.182. The largest absolute Gasteiger partial charge is 0.489 e. The van der Waals surface area contributed by atoms with E-state index < -0.39 is 0 Å². The Kier molecular flexibility index (Phi) is 5.99. The summed E-state index contributed by atoms with van der Waals surface area (Å²) in [6, 6.07) is 20.8. The van der Waals surface area contributed by atoms with Gasteiger partial charge in [-0.25, -0.2) is 0 Å². The lowest BCUT2D eigenvalue weighted by atomic mass is 9.98. The molecule has 0 fully saturated rings. The first-order valence-electron chi connectivity index (χ1n) is 8.58. The number of aromatic nitrogens is 1. The molecular formula is C22H21NO3. The maximum Gasteiger partial charge on any atom is 0.311 e. The van der Waals surface area contributed by atoms with Gasteiger partial charge >= 0.3 is 5.97 Å². The lowest BCUT2D eigenvalue weighted by Gasteiger charge is -2.12. The van der Waals surface area contributed by atoms with E-state index in [1.807, 2.05) is 49.4 Å². The topological polar surface area (TPSA) is 48.4 Å². The summed E-state index contributed by atoms with van der Waals surface area (Å²) in [5.74, 6) is 1.12. The van der Waals surface area contributed by atoms with Crippen molar-refractivity contribution >= 4 is 5.97 Å². The van der Waals surface area contributed by atoms with E-state index >= 15 is 0 Å². The van der Waals surface area contributed by atoms with Crippen LogP contribution in [0.3, 0.4) is 0 Å². The second kappa shape index (κ2) is 8.81. The zero-order valence-corrected chi connectivity index (χ0v) is 14.7. The fourth-order valence-electron chi connectivity index (χ4n) is 2.57. The molecule has 4 nitrogen and oxygen atoms in total. The SMILES string of the molecule is CC(CC(=O)Oc1ccc(OCc2ccncc2)cc1)c1ccccc1. The van der Waals surface area contributed by atoms with Crippen molar-refractivity contribution in [2.75, 3.05) is 0 Å². The van der Waals surface area contributed by atoms with Gasteiger partial charge < -0.3 is 9.47 Å². The summed E-state index contributed by atoms with van der Waals surface area (Å²) in [6.45, 7) is 2.49. The highest BCUT2D eigenvalue weighted by molar-refractivity contribution is 5.73. The van der Waals surface area contributed by atoms with Gasteiger partial charge in [0.2, 0.25) is 0 Å². The minimum Gasteiger partial charge on any atom is -0.489 e. The zero-order valence-electron chi connectivity index (χ0n) is 14.7. The van der Waals surface area contributed by atoms with Gasteiger partial charge in [-0.2, -0.15) is 0 Å². The molecule has 0 aliphatic heterocycles. The molecule has 2 aromatic carbocycles. The molecule has 0 N–H and O–H groups in total. The van der Waals surface area contributed by atoms with Gasteiger partial charge in [-0.15, -0.1) is 0 Å². The molecule has 132 valence electrons. The van der Waals surface area contributed by atoms with Gasteiger partial charge in [0.25, 0.3) is 0 Å². The van der Waals surface area contributed by atoms with Crippen molar-refractivity contribution < 1.29 is 14.3 Å². The van der Waals surface area contributed by atoms with Crippen molar-refractivity contribution in [3.05, 3.63) is 90.3 Å². The van der Waals surface area contributed by atoms with E-state index in [1.54, 1.807) is 36.7 Å². The molecule has 0 aliphatic carbocycles. The number of carbonyl (C=O) groups excluding carboxylic acids is 1. The molecule has 26 heavy (non-hydrogen) atoms. The van der Waals surface area contributed by atoms with Crippen molar-refractivity contribution in [2.45, 2.75) is 25.9 Å².